The monoisotopic (exact) mass is 229 g/mol. The Labute approximate surface area is 94.0 Å². The van der Waals surface area contributed by atoms with Gasteiger partial charge in [-0.1, -0.05) is 13.8 Å². The summed E-state index contributed by atoms with van der Waals surface area (Å²) in [4.78, 5) is 13.3. The maximum atomic E-state index is 12.7. The smallest absolute Gasteiger partial charge is 0.282 e. The Morgan fingerprint density at radius 3 is 2.06 bits per heavy atom. The van der Waals surface area contributed by atoms with Crippen molar-refractivity contribution in [3.63, 3.8) is 0 Å². The highest BCUT2D eigenvalue weighted by Gasteiger charge is 2.73. The van der Waals surface area contributed by atoms with Gasteiger partial charge in [-0.05, 0) is 30.6 Å². The lowest BCUT2D eigenvalue weighted by Crippen LogP contribution is -2.73. The molecule has 1 heterocycles. The SMILES string of the molecule is CC(C)C12CC(C(=O)N3CC(F)(F)C3)(C1)C2. The first-order chi connectivity index (χ1) is 7.29. The molecule has 1 saturated heterocycles. The van der Waals surface area contributed by atoms with Gasteiger partial charge in [0.05, 0.1) is 18.5 Å². The van der Waals surface area contributed by atoms with Crippen LogP contribution in [0.3, 0.4) is 0 Å². The summed E-state index contributed by atoms with van der Waals surface area (Å²) in [6, 6.07) is 0. The van der Waals surface area contributed by atoms with E-state index in [1.54, 1.807) is 0 Å². The summed E-state index contributed by atoms with van der Waals surface area (Å²) in [7, 11) is 0. The third-order valence-corrected chi connectivity index (χ3v) is 4.88. The van der Waals surface area contributed by atoms with Crippen LogP contribution in [0.15, 0.2) is 0 Å². The Balaban J connectivity index is 1.60. The van der Waals surface area contributed by atoms with E-state index in [4.69, 9.17) is 0 Å². The highest BCUT2D eigenvalue weighted by atomic mass is 19.3. The number of amides is 1. The first-order valence-electron chi connectivity index (χ1n) is 5.96. The molecule has 0 aromatic rings. The highest BCUT2D eigenvalue weighted by Crippen LogP contribution is 2.76. The standard InChI is InChI=1S/C12H17F2NO/c1-8(2)10-3-11(4-10,5-10)9(16)15-6-12(13,14)7-15/h8H,3-7H2,1-2H3. The van der Waals surface area contributed by atoms with Gasteiger partial charge in [0.25, 0.3) is 5.92 Å². The molecule has 1 amide bonds. The fourth-order valence-electron chi connectivity index (χ4n) is 3.70. The van der Waals surface area contributed by atoms with Crippen LogP contribution >= 0.6 is 0 Å². The van der Waals surface area contributed by atoms with Crippen molar-refractivity contribution in [2.45, 2.75) is 39.0 Å². The van der Waals surface area contributed by atoms with Crippen molar-refractivity contribution in [1.82, 2.24) is 4.90 Å². The Bertz CT molecular complexity index is 336. The van der Waals surface area contributed by atoms with E-state index in [1.807, 2.05) is 0 Å². The number of carbonyl (C=O) groups excluding carboxylic acids is 1. The summed E-state index contributed by atoms with van der Waals surface area (Å²) in [6.45, 7) is 3.65. The maximum Gasteiger partial charge on any atom is 0.282 e. The van der Waals surface area contributed by atoms with Gasteiger partial charge >= 0.3 is 0 Å². The molecule has 3 saturated carbocycles. The number of likely N-dealkylation sites (tertiary alicyclic amines) is 1. The number of halogens is 2. The topological polar surface area (TPSA) is 20.3 Å². The lowest BCUT2D eigenvalue weighted by atomic mass is 9.32. The molecule has 0 atom stereocenters. The third kappa shape index (κ3) is 1.08. The second kappa shape index (κ2) is 2.59. The molecule has 1 aliphatic heterocycles. The Kier molecular flexibility index (Phi) is 1.70. The van der Waals surface area contributed by atoms with E-state index in [0.29, 0.717) is 11.3 Å². The van der Waals surface area contributed by atoms with E-state index in [-0.39, 0.29) is 24.4 Å². The molecular weight excluding hydrogens is 212 g/mol. The summed E-state index contributed by atoms with van der Waals surface area (Å²) in [5.41, 5.74) is 0.129. The predicted molar refractivity (Wildman–Crippen MR) is 55.1 cm³/mol. The molecule has 3 aliphatic carbocycles. The van der Waals surface area contributed by atoms with Crippen LogP contribution in [0.2, 0.25) is 0 Å². The van der Waals surface area contributed by atoms with Crippen LogP contribution in [0, 0.1) is 16.7 Å². The van der Waals surface area contributed by atoms with Crippen LogP contribution in [0.5, 0.6) is 0 Å². The number of nitrogens with zero attached hydrogens (tertiary/aromatic N) is 1. The minimum atomic E-state index is -2.63. The number of carbonyl (C=O) groups is 1. The van der Waals surface area contributed by atoms with Crippen LogP contribution in [-0.2, 0) is 4.79 Å². The number of hydrogen-bond donors (Lipinski definition) is 0. The molecule has 4 aliphatic rings. The van der Waals surface area contributed by atoms with Crippen LogP contribution in [0.25, 0.3) is 0 Å². The van der Waals surface area contributed by atoms with Gasteiger partial charge in [0.2, 0.25) is 5.91 Å². The lowest BCUT2D eigenvalue weighted by Gasteiger charge is -2.72. The number of alkyl halides is 2. The molecule has 2 nitrogen and oxygen atoms in total. The molecular formula is C12H17F2NO. The van der Waals surface area contributed by atoms with Gasteiger partial charge in [-0.15, -0.1) is 0 Å². The molecule has 0 aromatic heterocycles. The second-order valence-electron chi connectivity index (χ2n) is 6.34. The van der Waals surface area contributed by atoms with Crippen molar-refractivity contribution in [1.29, 1.82) is 0 Å². The van der Waals surface area contributed by atoms with Gasteiger partial charge in [0, 0.05) is 0 Å². The quantitative estimate of drug-likeness (QED) is 0.711. The van der Waals surface area contributed by atoms with Crippen LogP contribution < -0.4 is 0 Å². The Morgan fingerprint density at radius 2 is 1.69 bits per heavy atom. The van der Waals surface area contributed by atoms with Gasteiger partial charge in [0.15, 0.2) is 0 Å². The molecule has 4 rings (SSSR count). The molecule has 2 bridgehead atoms. The summed E-state index contributed by atoms with van der Waals surface area (Å²) in [5, 5.41) is 0. The Morgan fingerprint density at radius 1 is 1.19 bits per heavy atom. The second-order valence-corrected chi connectivity index (χ2v) is 6.34. The first kappa shape index (κ1) is 10.5. The van der Waals surface area contributed by atoms with Crippen molar-refractivity contribution in [2.24, 2.45) is 16.7 Å². The normalized spacial score (nSPS) is 43.4. The zero-order valence-corrected chi connectivity index (χ0v) is 9.72. The Hall–Kier alpha value is -0.670. The third-order valence-electron chi connectivity index (χ3n) is 4.88. The zero-order valence-electron chi connectivity index (χ0n) is 9.72. The molecule has 0 spiro atoms. The lowest BCUT2D eigenvalue weighted by molar-refractivity contribution is -0.245. The summed E-state index contributed by atoms with van der Waals surface area (Å²) >= 11 is 0. The minimum absolute atomic E-state index is 0.0130. The van der Waals surface area contributed by atoms with Gasteiger partial charge < -0.3 is 4.90 Å². The summed E-state index contributed by atoms with van der Waals surface area (Å²) < 4.78 is 25.4. The van der Waals surface area contributed by atoms with E-state index in [0.717, 1.165) is 19.3 Å². The predicted octanol–water partition coefficient (Wildman–Crippen LogP) is 2.29. The number of hydrogen-bond acceptors (Lipinski definition) is 1. The van der Waals surface area contributed by atoms with Gasteiger partial charge in [-0.2, -0.15) is 0 Å². The van der Waals surface area contributed by atoms with Gasteiger partial charge in [0.1, 0.15) is 0 Å². The fraction of sp³-hybridized carbons (Fsp3) is 0.917. The van der Waals surface area contributed by atoms with Crippen molar-refractivity contribution in [3.05, 3.63) is 0 Å². The van der Waals surface area contributed by atoms with Gasteiger partial charge in [-0.3, -0.25) is 4.79 Å². The fourth-order valence-corrected chi connectivity index (χ4v) is 3.70. The molecule has 4 fully saturated rings. The highest BCUT2D eigenvalue weighted by molar-refractivity contribution is 5.87. The van der Waals surface area contributed by atoms with Gasteiger partial charge in [-0.25, -0.2) is 8.78 Å². The van der Waals surface area contributed by atoms with Crippen molar-refractivity contribution in [2.75, 3.05) is 13.1 Å². The maximum absolute atomic E-state index is 12.7. The zero-order chi connectivity index (χ0) is 11.8. The summed E-state index contributed by atoms with van der Waals surface area (Å²) in [6.07, 6.45) is 2.79. The van der Waals surface area contributed by atoms with Crippen LogP contribution in [-0.4, -0.2) is 29.8 Å². The van der Waals surface area contributed by atoms with Crippen molar-refractivity contribution >= 4 is 5.91 Å². The molecule has 4 heteroatoms. The van der Waals surface area contributed by atoms with E-state index < -0.39 is 5.92 Å². The molecule has 90 valence electrons. The summed E-state index contributed by atoms with van der Waals surface area (Å²) in [5.74, 6) is -2.03. The average molecular weight is 229 g/mol. The van der Waals surface area contributed by atoms with E-state index >= 15 is 0 Å². The molecule has 16 heavy (non-hydrogen) atoms. The molecule has 0 radical (unpaired) electrons. The largest absolute Gasteiger partial charge is 0.330 e. The molecule has 0 N–H and O–H groups in total. The van der Waals surface area contributed by atoms with E-state index in [1.165, 1.54) is 4.90 Å². The van der Waals surface area contributed by atoms with Crippen LogP contribution in [0.1, 0.15) is 33.1 Å². The molecule has 0 unspecified atom stereocenters. The van der Waals surface area contributed by atoms with Crippen molar-refractivity contribution < 1.29 is 13.6 Å². The first-order valence-corrected chi connectivity index (χ1v) is 5.96. The van der Waals surface area contributed by atoms with Crippen molar-refractivity contribution in [3.8, 4) is 0 Å². The molecule has 0 aromatic carbocycles. The minimum Gasteiger partial charge on any atom is -0.330 e. The van der Waals surface area contributed by atoms with E-state index in [2.05, 4.69) is 13.8 Å². The average Bonchev–Trinajstić information content (AvgIpc) is 1.93. The van der Waals surface area contributed by atoms with E-state index in [9.17, 15) is 13.6 Å². The number of rotatable bonds is 2. The van der Waals surface area contributed by atoms with Crippen LogP contribution in [0.4, 0.5) is 8.78 Å².